The van der Waals surface area contributed by atoms with Crippen molar-refractivity contribution >= 4 is 44.4 Å². The predicted octanol–water partition coefficient (Wildman–Crippen LogP) is 5.14. The zero-order valence-electron chi connectivity index (χ0n) is 22.3. The first-order chi connectivity index (χ1) is 19.5. The van der Waals surface area contributed by atoms with E-state index in [2.05, 4.69) is 58.0 Å². The number of amides is 1. The molecule has 5 heterocycles. The standard InChI is InChI=1S/C30H28N8OS/c1-19-7-5-8-21(15-19)29-35-26(27-33-22-9-3-4-10-23(22)34-27)30(40-29)36-13-14-38(20(2)16-36)25(39)17-37-18-32-24-11-6-12-31-28(24)37/h3-12,15,18,20H,13-14,16-17H2,1-2H3,(H,33,34)/t20-/m1/s1. The highest BCUT2D eigenvalue weighted by Gasteiger charge is 2.31. The Morgan fingerprint density at radius 1 is 1.02 bits per heavy atom. The van der Waals surface area contributed by atoms with E-state index in [1.807, 2.05) is 45.9 Å². The van der Waals surface area contributed by atoms with Crippen LogP contribution in [0.4, 0.5) is 5.00 Å². The van der Waals surface area contributed by atoms with Crippen molar-refractivity contribution in [3.63, 3.8) is 0 Å². The lowest BCUT2D eigenvalue weighted by atomic mass is 10.1. The molecule has 9 nitrogen and oxygen atoms in total. The van der Waals surface area contributed by atoms with Gasteiger partial charge in [-0.15, -0.1) is 0 Å². The molecule has 1 aliphatic heterocycles. The maximum Gasteiger partial charge on any atom is 0.242 e. The zero-order valence-corrected chi connectivity index (χ0v) is 23.1. The summed E-state index contributed by atoms with van der Waals surface area (Å²) in [6.07, 6.45) is 3.42. The van der Waals surface area contributed by atoms with Gasteiger partial charge in [0.2, 0.25) is 5.91 Å². The predicted molar refractivity (Wildman–Crippen MR) is 158 cm³/mol. The van der Waals surface area contributed by atoms with Gasteiger partial charge in [-0.2, -0.15) is 0 Å². The first-order valence-corrected chi connectivity index (χ1v) is 14.2. The lowest BCUT2D eigenvalue weighted by Gasteiger charge is -2.40. The van der Waals surface area contributed by atoms with Crippen molar-refractivity contribution in [3.8, 4) is 22.1 Å². The Labute approximate surface area is 235 Å². The van der Waals surface area contributed by atoms with Gasteiger partial charge in [0, 0.05) is 37.4 Å². The molecular weight excluding hydrogens is 520 g/mol. The van der Waals surface area contributed by atoms with Gasteiger partial charge in [0.15, 0.2) is 11.5 Å². The van der Waals surface area contributed by atoms with Crippen molar-refractivity contribution in [2.24, 2.45) is 0 Å². The van der Waals surface area contributed by atoms with E-state index in [9.17, 15) is 4.79 Å². The van der Waals surface area contributed by atoms with Crippen LogP contribution in [0.2, 0.25) is 0 Å². The van der Waals surface area contributed by atoms with E-state index >= 15 is 0 Å². The van der Waals surface area contributed by atoms with Gasteiger partial charge in [-0.25, -0.2) is 19.9 Å². The van der Waals surface area contributed by atoms with Crippen molar-refractivity contribution in [1.82, 2.24) is 34.4 Å². The van der Waals surface area contributed by atoms with Crippen molar-refractivity contribution < 1.29 is 4.79 Å². The monoisotopic (exact) mass is 548 g/mol. The van der Waals surface area contributed by atoms with E-state index in [4.69, 9.17) is 9.97 Å². The van der Waals surface area contributed by atoms with Crippen LogP contribution >= 0.6 is 11.3 Å². The SMILES string of the molecule is Cc1cccc(-c2nc(-c3nc4ccccc4[nH]3)c(N3CCN(C(=O)Cn4cnc5cccnc54)[C@H](C)C3)s2)c1. The summed E-state index contributed by atoms with van der Waals surface area (Å²) >= 11 is 1.68. The van der Waals surface area contributed by atoms with Gasteiger partial charge in [0.25, 0.3) is 0 Å². The van der Waals surface area contributed by atoms with E-state index in [1.165, 1.54) is 5.56 Å². The number of hydrogen-bond acceptors (Lipinski definition) is 7. The number of imidazole rings is 2. The van der Waals surface area contributed by atoms with Crippen LogP contribution in [0.1, 0.15) is 12.5 Å². The number of hydrogen-bond donors (Lipinski definition) is 1. The van der Waals surface area contributed by atoms with Crippen molar-refractivity contribution in [3.05, 3.63) is 78.8 Å². The molecule has 1 amide bonds. The third kappa shape index (κ3) is 4.40. The molecular formula is C30H28N8OS. The summed E-state index contributed by atoms with van der Waals surface area (Å²) in [7, 11) is 0. The van der Waals surface area contributed by atoms with E-state index in [0.717, 1.165) is 49.3 Å². The van der Waals surface area contributed by atoms with Crippen LogP contribution in [-0.2, 0) is 11.3 Å². The Morgan fingerprint density at radius 2 is 1.90 bits per heavy atom. The molecule has 0 radical (unpaired) electrons. The van der Waals surface area contributed by atoms with Gasteiger partial charge in [-0.05, 0) is 44.2 Å². The molecule has 1 aliphatic rings. The lowest BCUT2D eigenvalue weighted by molar-refractivity contribution is -0.134. The molecule has 10 heteroatoms. The largest absolute Gasteiger partial charge is 0.358 e. The van der Waals surface area contributed by atoms with Gasteiger partial charge < -0.3 is 19.4 Å². The number of para-hydroxylation sites is 2. The number of thiazole rings is 1. The summed E-state index contributed by atoms with van der Waals surface area (Å²) < 4.78 is 1.83. The van der Waals surface area contributed by atoms with Gasteiger partial charge in [0.05, 0.1) is 17.4 Å². The van der Waals surface area contributed by atoms with Gasteiger partial charge in [-0.1, -0.05) is 47.2 Å². The highest BCUT2D eigenvalue weighted by Crippen LogP contribution is 2.41. The van der Waals surface area contributed by atoms with E-state index in [1.54, 1.807) is 23.9 Å². The Morgan fingerprint density at radius 3 is 2.75 bits per heavy atom. The molecule has 1 fully saturated rings. The van der Waals surface area contributed by atoms with E-state index in [0.29, 0.717) is 19.6 Å². The first kappa shape index (κ1) is 24.5. The molecule has 4 aromatic heterocycles. The maximum atomic E-state index is 13.4. The normalized spacial score (nSPS) is 15.8. The fraction of sp³-hybridized carbons (Fsp3) is 0.233. The van der Waals surface area contributed by atoms with Crippen molar-refractivity contribution in [2.75, 3.05) is 24.5 Å². The summed E-state index contributed by atoms with van der Waals surface area (Å²) in [5.74, 6) is 0.830. The number of nitrogens with one attached hydrogen (secondary N) is 1. The van der Waals surface area contributed by atoms with Gasteiger partial charge in [0.1, 0.15) is 27.8 Å². The Kier molecular flexibility index (Phi) is 6.04. The lowest BCUT2D eigenvalue weighted by Crippen LogP contribution is -2.54. The highest BCUT2D eigenvalue weighted by molar-refractivity contribution is 7.19. The number of carbonyl (C=O) groups is 1. The summed E-state index contributed by atoms with van der Waals surface area (Å²) in [4.78, 5) is 39.9. The summed E-state index contributed by atoms with van der Waals surface area (Å²) in [6, 6.07) is 20.3. The van der Waals surface area contributed by atoms with Crippen LogP contribution in [0.3, 0.4) is 0 Å². The fourth-order valence-electron chi connectivity index (χ4n) is 5.41. The topological polar surface area (TPSA) is 95.8 Å². The molecule has 0 bridgehead atoms. The molecule has 1 atom stereocenters. The van der Waals surface area contributed by atoms with Crippen LogP contribution in [0, 0.1) is 6.92 Å². The highest BCUT2D eigenvalue weighted by atomic mass is 32.1. The number of pyridine rings is 1. The Balaban J connectivity index is 1.18. The summed E-state index contributed by atoms with van der Waals surface area (Å²) in [5, 5.41) is 2.03. The molecule has 0 unspecified atom stereocenters. The molecule has 6 aromatic rings. The number of nitrogens with zero attached hydrogens (tertiary/aromatic N) is 7. The van der Waals surface area contributed by atoms with Crippen LogP contribution < -0.4 is 4.90 Å². The third-order valence-corrected chi connectivity index (χ3v) is 8.57. The number of carbonyl (C=O) groups excluding carboxylic acids is 1. The van der Waals surface area contributed by atoms with Gasteiger partial charge >= 0.3 is 0 Å². The van der Waals surface area contributed by atoms with Gasteiger partial charge in [-0.3, -0.25) is 4.79 Å². The molecule has 2 aromatic carbocycles. The van der Waals surface area contributed by atoms with E-state index in [-0.39, 0.29) is 18.5 Å². The van der Waals surface area contributed by atoms with Crippen LogP contribution in [0.15, 0.2) is 73.2 Å². The van der Waals surface area contributed by atoms with Crippen LogP contribution in [0.5, 0.6) is 0 Å². The number of aromatic nitrogens is 6. The second-order valence-corrected chi connectivity index (χ2v) is 11.2. The number of benzene rings is 2. The van der Waals surface area contributed by atoms with E-state index < -0.39 is 0 Å². The Bertz CT molecular complexity index is 1820. The molecule has 0 aliphatic carbocycles. The maximum absolute atomic E-state index is 13.4. The number of rotatable bonds is 5. The Hall–Kier alpha value is -4.57. The minimum absolute atomic E-state index is 0.0250. The second kappa shape index (κ2) is 9.87. The molecule has 40 heavy (non-hydrogen) atoms. The number of aryl methyl sites for hydroxylation is 1. The quantitative estimate of drug-likeness (QED) is 0.320. The number of anilines is 1. The van der Waals surface area contributed by atoms with Crippen molar-refractivity contribution in [1.29, 1.82) is 0 Å². The van der Waals surface area contributed by atoms with Crippen LogP contribution in [0.25, 0.3) is 44.3 Å². The minimum atomic E-state index is 0.0250. The van der Waals surface area contributed by atoms with Crippen LogP contribution in [-0.4, -0.2) is 66.0 Å². The zero-order chi connectivity index (χ0) is 27.2. The molecule has 200 valence electrons. The average molecular weight is 549 g/mol. The molecule has 1 N–H and O–H groups in total. The molecule has 7 rings (SSSR count). The second-order valence-electron chi connectivity index (χ2n) is 10.2. The smallest absolute Gasteiger partial charge is 0.242 e. The fourth-order valence-corrected chi connectivity index (χ4v) is 6.51. The summed E-state index contributed by atoms with van der Waals surface area (Å²) in [6.45, 7) is 6.47. The minimum Gasteiger partial charge on any atom is -0.358 e. The molecule has 0 saturated carbocycles. The number of aromatic amines is 1. The van der Waals surface area contributed by atoms with Crippen molar-refractivity contribution in [2.45, 2.75) is 26.4 Å². The average Bonchev–Trinajstić information content (AvgIpc) is 3.70. The summed E-state index contributed by atoms with van der Waals surface area (Å²) in [5.41, 5.74) is 6.56. The number of H-pyrrole nitrogens is 1. The molecule has 0 spiro atoms. The first-order valence-electron chi connectivity index (χ1n) is 13.4. The molecule has 1 saturated heterocycles. The third-order valence-electron chi connectivity index (χ3n) is 7.40. The number of fused-ring (bicyclic) bond motifs is 2. The number of piperazine rings is 1.